The molecule has 0 spiro atoms. The smallest absolute Gasteiger partial charge is 0.249 e. The summed E-state index contributed by atoms with van der Waals surface area (Å²) in [6, 6.07) is 0. The zero-order chi connectivity index (χ0) is 10.8. The summed E-state index contributed by atoms with van der Waals surface area (Å²) < 4.78 is 0. The van der Waals surface area contributed by atoms with Crippen LogP contribution < -0.4 is 0 Å². The summed E-state index contributed by atoms with van der Waals surface area (Å²) >= 11 is 2.10. The Balaban J connectivity index is 1.96. The van der Waals surface area contributed by atoms with Gasteiger partial charge in [-0.25, -0.2) is 5.06 Å². The number of carbonyl (C=O) groups is 1. The second-order valence-corrected chi connectivity index (χ2v) is 6.10. The van der Waals surface area contributed by atoms with Gasteiger partial charge in [-0.1, -0.05) is 6.42 Å². The van der Waals surface area contributed by atoms with Gasteiger partial charge in [-0.2, -0.15) is 11.8 Å². The van der Waals surface area contributed by atoms with Crippen LogP contribution in [0.4, 0.5) is 0 Å². The van der Waals surface area contributed by atoms with E-state index in [1.165, 1.54) is 24.3 Å². The SMILES string of the molecule is CON(C)C(=O)C1CC2CCCC(C1)S2. The zero-order valence-corrected chi connectivity index (χ0v) is 10.3. The van der Waals surface area contributed by atoms with Crippen LogP contribution in [0.5, 0.6) is 0 Å². The fraction of sp³-hybridized carbons (Fsp3) is 0.909. The molecular weight excluding hydrogens is 210 g/mol. The van der Waals surface area contributed by atoms with Gasteiger partial charge in [0.1, 0.15) is 0 Å². The lowest BCUT2D eigenvalue weighted by Crippen LogP contribution is -2.39. The number of carbonyl (C=O) groups excluding carboxylic acids is 1. The van der Waals surface area contributed by atoms with Gasteiger partial charge in [0.25, 0.3) is 0 Å². The minimum atomic E-state index is 0.162. The van der Waals surface area contributed by atoms with Gasteiger partial charge in [-0.15, -0.1) is 0 Å². The number of thioether (sulfide) groups is 1. The first-order valence-corrected chi connectivity index (χ1v) is 6.62. The van der Waals surface area contributed by atoms with Gasteiger partial charge in [-0.3, -0.25) is 9.63 Å². The predicted molar refractivity (Wildman–Crippen MR) is 61.5 cm³/mol. The molecule has 0 aromatic heterocycles. The third kappa shape index (κ3) is 2.48. The standard InChI is InChI=1S/C11H19NO2S/c1-12(14-2)11(13)8-6-9-4-3-5-10(7-8)15-9/h8-10H,3-7H2,1-2H3. The van der Waals surface area contributed by atoms with Gasteiger partial charge in [-0.05, 0) is 25.7 Å². The molecule has 2 aliphatic rings. The molecule has 2 fully saturated rings. The quantitative estimate of drug-likeness (QED) is 0.679. The zero-order valence-electron chi connectivity index (χ0n) is 9.44. The largest absolute Gasteiger partial charge is 0.275 e. The molecule has 0 N–H and O–H groups in total. The predicted octanol–water partition coefficient (Wildman–Crippen LogP) is 2.07. The molecule has 2 heterocycles. The molecular formula is C11H19NO2S. The van der Waals surface area contributed by atoms with Gasteiger partial charge >= 0.3 is 0 Å². The van der Waals surface area contributed by atoms with Gasteiger partial charge in [0.15, 0.2) is 0 Å². The Labute approximate surface area is 95.5 Å². The third-order valence-corrected chi connectivity index (χ3v) is 5.09. The maximum absolute atomic E-state index is 12.0. The highest BCUT2D eigenvalue weighted by atomic mass is 32.2. The van der Waals surface area contributed by atoms with Crippen molar-refractivity contribution in [2.45, 2.75) is 42.6 Å². The Hall–Kier alpha value is -0.220. The first-order chi connectivity index (χ1) is 7.20. The molecule has 0 aliphatic carbocycles. The van der Waals surface area contributed by atoms with Crippen molar-refractivity contribution in [1.29, 1.82) is 0 Å². The van der Waals surface area contributed by atoms with Crippen LogP contribution in [0.1, 0.15) is 32.1 Å². The van der Waals surface area contributed by atoms with Gasteiger partial charge in [0.05, 0.1) is 7.11 Å². The molecule has 1 amide bonds. The van der Waals surface area contributed by atoms with Gasteiger partial charge in [0, 0.05) is 23.5 Å². The Bertz CT molecular complexity index is 235. The summed E-state index contributed by atoms with van der Waals surface area (Å²) in [4.78, 5) is 16.9. The van der Waals surface area contributed by atoms with E-state index in [9.17, 15) is 4.79 Å². The van der Waals surface area contributed by atoms with Crippen LogP contribution in [0, 0.1) is 5.92 Å². The fourth-order valence-electron chi connectivity index (χ4n) is 2.61. The van der Waals surface area contributed by atoms with Crippen molar-refractivity contribution in [3.05, 3.63) is 0 Å². The van der Waals surface area contributed by atoms with Crippen molar-refractivity contribution in [1.82, 2.24) is 5.06 Å². The van der Waals surface area contributed by atoms with E-state index in [2.05, 4.69) is 11.8 Å². The lowest BCUT2D eigenvalue weighted by atomic mass is 9.89. The summed E-state index contributed by atoms with van der Waals surface area (Å²) in [7, 11) is 3.26. The molecule has 2 saturated heterocycles. The molecule has 2 atom stereocenters. The number of hydrogen-bond acceptors (Lipinski definition) is 3. The van der Waals surface area contributed by atoms with Crippen molar-refractivity contribution in [2.24, 2.45) is 5.92 Å². The summed E-state index contributed by atoms with van der Waals surface area (Å²) in [5.74, 6) is 0.362. The van der Waals surface area contributed by atoms with Crippen LogP contribution in [0.2, 0.25) is 0 Å². The van der Waals surface area contributed by atoms with Crippen LogP contribution in [-0.2, 0) is 9.63 Å². The normalized spacial score (nSPS) is 34.9. The lowest BCUT2D eigenvalue weighted by Gasteiger charge is -2.38. The summed E-state index contributed by atoms with van der Waals surface area (Å²) in [5.41, 5.74) is 0. The number of hydroxylamine groups is 2. The van der Waals surface area contributed by atoms with Crippen molar-refractivity contribution >= 4 is 17.7 Å². The molecule has 2 rings (SSSR count). The molecule has 15 heavy (non-hydrogen) atoms. The molecule has 0 aromatic carbocycles. The van der Waals surface area contributed by atoms with Crippen molar-refractivity contribution in [3.63, 3.8) is 0 Å². The average molecular weight is 229 g/mol. The Morgan fingerprint density at radius 1 is 1.33 bits per heavy atom. The Kier molecular flexibility index (Phi) is 3.57. The van der Waals surface area contributed by atoms with E-state index < -0.39 is 0 Å². The molecule has 2 aliphatic heterocycles. The van der Waals surface area contributed by atoms with E-state index in [1.807, 2.05) is 0 Å². The summed E-state index contributed by atoms with van der Waals surface area (Å²) in [6.45, 7) is 0. The van der Waals surface area contributed by atoms with Crippen LogP contribution in [0.3, 0.4) is 0 Å². The molecule has 0 radical (unpaired) electrons. The number of amides is 1. The van der Waals surface area contributed by atoms with Crippen molar-refractivity contribution < 1.29 is 9.63 Å². The molecule has 4 heteroatoms. The molecule has 2 bridgehead atoms. The maximum atomic E-state index is 12.0. The molecule has 86 valence electrons. The Morgan fingerprint density at radius 3 is 2.47 bits per heavy atom. The highest BCUT2D eigenvalue weighted by Crippen LogP contribution is 2.44. The minimum Gasteiger partial charge on any atom is -0.275 e. The van der Waals surface area contributed by atoms with Gasteiger partial charge < -0.3 is 0 Å². The second kappa shape index (κ2) is 4.74. The Morgan fingerprint density at radius 2 is 1.93 bits per heavy atom. The molecule has 0 saturated carbocycles. The molecule has 2 unspecified atom stereocenters. The van der Waals surface area contributed by atoms with E-state index in [-0.39, 0.29) is 11.8 Å². The summed E-state index contributed by atoms with van der Waals surface area (Å²) in [5, 5.41) is 2.82. The van der Waals surface area contributed by atoms with E-state index in [0.29, 0.717) is 0 Å². The van der Waals surface area contributed by atoms with Gasteiger partial charge in [0.2, 0.25) is 5.91 Å². The van der Waals surface area contributed by atoms with Crippen LogP contribution >= 0.6 is 11.8 Å². The maximum Gasteiger partial charge on any atom is 0.249 e. The van der Waals surface area contributed by atoms with Crippen molar-refractivity contribution in [3.8, 4) is 0 Å². The summed E-state index contributed by atoms with van der Waals surface area (Å²) in [6.07, 6.45) is 6.04. The van der Waals surface area contributed by atoms with Crippen LogP contribution in [0.25, 0.3) is 0 Å². The highest BCUT2D eigenvalue weighted by Gasteiger charge is 2.36. The van der Waals surface area contributed by atoms with E-state index >= 15 is 0 Å². The van der Waals surface area contributed by atoms with E-state index in [0.717, 1.165) is 23.3 Å². The fourth-order valence-corrected chi connectivity index (χ4v) is 4.44. The minimum absolute atomic E-state index is 0.162. The molecule has 3 nitrogen and oxygen atoms in total. The monoisotopic (exact) mass is 229 g/mol. The first kappa shape index (κ1) is 11.3. The van der Waals surface area contributed by atoms with E-state index in [4.69, 9.17) is 4.84 Å². The first-order valence-electron chi connectivity index (χ1n) is 5.68. The van der Waals surface area contributed by atoms with Crippen LogP contribution in [0.15, 0.2) is 0 Å². The number of nitrogens with zero attached hydrogens (tertiary/aromatic N) is 1. The highest BCUT2D eigenvalue weighted by molar-refractivity contribution is 8.00. The van der Waals surface area contributed by atoms with E-state index in [1.54, 1.807) is 14.2 Å². The number of hydrogen-bond donors (Lipinski definition) is 0. The molecule has 0 aromatic rings. The number of fused-ring (bicyclic) bond motifs is 2. The topological polar surface area (TPSA) is 29.5 Å². The second-order valence-electron chi connectivity index (χ2n) is 4.50. The average Bonchev–Trinajstić information content (AvgIpc) is 2.26. The van der Waals surface area contributed by atoms with Crippen molar-refractivity contribution in [2.75, 3.05) is 14.2 Å². The third-order valence-electron chi connectivity index (χ3n) is 3.47. The van der Waals surface area contributed by atoms with Crippen LogP contribution in [-0.4, -0.2) is 35.6 Å². The lowest BCUT2D eigenvalue weighted by molar-refractivity contribution is -0.174. The number of rotatable bonds is 2.